The summed E-state index contributed by atoms with van der Waals surface area (Å²) >= 11 is 0. The van der Waals surface area contributed by atoms with Gasteiger partial charge in [-0.05, 0) is 13.8 Å². The van der Waals surface area contributed by atoms with Gasteiger partial charge in [0.05, 0.1) is 25.8 Å². The highest BCUT2D eigenvalue weighted by Crippen LogP contribution is 1.99. The first-order chi connectivity index (χ1) is 7.22. The Morgan fingerprint density at radius 3 is 3.13 bits per heavy atom. The number of nitrogens with zero attached hydrogens (tertiary/aromatic N) is 1. The lowest BCUT2D eigenvalue weighted by Crippen LogP contribution is -2.28. The van der Waals surface area contributed by atoms with Gasteiger partial charge in [0.15, 0.2) is 0 Å². The Bertz CT molecular complexity index is 285. The minimum atomic E-state index is -0.185. The lowest BCUT2D eigenvalue weighted by molar-refractivity contribution is -0.143. The van der Waals surface area contributed by atoms with Crippen LogP contribution in [-0.2, 0) is 16.1 Å². The number of aromatic nitrogens is 1. The van der Waals surface area contributed by atoms with Gasteiger partial charge in [-0.1, -0.05) is 5.16 Å². The summed E-state index contributed by atoms with van der Waals surface area (Å²) in [6.07, 6.45) is 1.95. The van der Waals surface area contributed by atoms with Gasteiger partial charge in [-0.2, -0.15) is 0 Å². The lowest BCUT2D eigenvalue weighted by atomic mass is 10.2. The highest BCUT2D eigenvalue weighted by atomic mass is 16.5. The third kappa shape index (κ3) is 4.60. The number of esters is 1. The van der Waals surface area contributed by atoms with Crippen LogP contribution in [0.4, 0.5) is 0 Å². The molecule has 1 atom stereocenters. The van der Waals surface area contributed by atoms with Gasteiger partial charge < -0.3 is 14.6 Å². The first-order valence-corrected chi connectivity index (χ1v) is 5.01. The average molecular weight is 212 g/mol. The molecule has 0 aliphatic carbocycles. The van der Waals surface area contributed by atoms with Crippen LogP contribution >= 0.6 is 0 Å². The van der Waals surface area contributed by atoms with Gasteiger partial charge in [0.25, 0.3) is 0 Å². The van der Waals surface area contributed by atoms with E-state index in [2.05, 4.69) is 10.5 Å². The summed E-state index contributed by atoms with van der Waals surface area (Å²) < 4.78 is 9.74. The van der Waals surface area contributed by atoms with E-state index in [1.54, 1.807) is 19.2 Å². The zero-order chi connectivity index (χ0) is 11.1. The molecule has 0 amide bonds. The van der Waals surface area contributed by atoms with E-state index in [0.29, 0.717) is 19.6 Å². The second-order valence-corrected chi connectivity index (χ2v) is 3.27. The van der Waals surface area contributed by atoms with Crippen molar-refractivity contribution in [3.8, 4) is 0 Å². The predicted molar refractivity (Wildman–Crippen MR) is 54.1 cm³/mol. The molecule has 0 saturated carbocycles. The minimum Gasteiger partial charge on any atom is -0.466 e. The maximum Gasteiger partial charge on any atom is 0.307 e. The highest BCUT2D eigenvalue weighted by Gasteiger charge is 2.09. The van der Waals surface area contributed by atoms with E-state index in [9.17, 15) is 4.79 Å². The molecule has 1 aromatic heterocycles. The Hall–Kier alpha value is -1.36. The summed E-state index contributed by atoms with van der Waals surface area (Å²) in [7, 11) is 0. The molecule has 5 nitrogen and oxygen atoms in total. The highest BCUT2D eigenvalue weighted by molar-refractivity contribution is 5.69. The topological polar surface area (TPSA) is 64.4 Å². The van der Waals surface area contributed by atoms with Crippen LogP contribution < -0.4 is 5.32 Å². The summed E-state index contributed by atoms with van der Waals surface area (Å²) in [6.45, 7) is 4.71. The number of carbonyl (C=O) groups is 1. The molecule has 15 heavy (non-hydrogen) atoms. The summed E-state index contributed by atoms with van der Waals surface area (Å²) in [5, 5.41) is 6.72. The van der Waals surface area contributed by atoms with Crippen molar-refractivity contribution in [2.75, 3.05) is 6.61 Å². The second kappa shape index (κ2) is 6.19. The van der Waals surface area contributed by atoms with E-state index in [1.807, 2.05) is 6.92 Å². The standard InChI is InChI=1S/C10H16N2O3/c1-3-14-10(13)6-8(2)11-7-9-4-5-12-15-9/h4-5,8,11H,3,6-7H2,1-2H3. The molecule has 0 aliphatic heterocycles. The van der Waals surface area contributed by atoms with Gasteiger partial charge in [-0.15, -0.1) is 0 Å². The van der Waals surface area contributed by atoms with Crippen molar-refractivity contribution in [2.24, 2.45) is 0 Å². The molecular weight excluding hydrogens is 196 g/mol. The predicted octanol–water partition coefficient (Wildman–Crippen LogP) is 1.11. The molecule has 0 bridgehead atoms. The quantitative estimate of drug-likeness (QED) is 0.715. The van der Waals surface area contributed by atoms with Crippen LogP contribution in [0.25, 0.3) is 0 Å². The Morgan fingerprint density at radius 1 is 1.73 bits per heavy atom. The average Bonchev–Trinajstić information content (AvgIpc) is 2.67. The number of ether oxygens (including phenoxy) is 1. The summed E-state index contributed by atoms with van der Waals surface area (Å²) in [4.78, 5) is 11.1. The maximum atomic E-state index is 11.1. The van der Waals surface area contributed by atoms with E-state index < -0.39 is 0 Å². The number of rotatable bonds is 6. The third-order valence-corrected chi connectivity index (χ3v) is 1.89. The number of hydrogen-bond donors (Lipinski definition) is 1. The normalized spacial score (nSPS) is 12.4. The lowest BCUT2D eigenvalue weighted by Gasteiger charge is -2.11. The fourth-order valence-corrected chi connectivity index (χ4v) is 1.15. The van der Waals surface area contributed by atoms with Crippen LogP contribution in [-0.4, -0.2) is 23.8 Å². The fraction of sp³-hybridized carbons (Fsp3) is 0.600. The molecule has 1 rings (SSSR count). The van der Waals surface area contributed by atoms with E-state index in [-0.39, 0.29) is 12.0 Å². The molecule has 0 fully saturated rings. The molecule has 0 spiro atoms. The van der Waals surface area contributed by atoms with E-state index in [0.717, 1.165) is 5.76 Å². The SMILES string of the molecule is CCOC(=O)CC(C)NCc1ccno1. The van der Waals surface area contributed by atoms with Crippen molar-refractivity contribution in [1.82, 2.24) is 10.5 Å². The maximum absolute atomic E-state index is 11.1. The molecule has 0 aliphatic rings. The van der Waals surface area contributed by atoms with Crippen LogP contribution in [0, 0.1) is 0 Å². The van der Waals surface area contributed by atoms with Gasteiger partial charge in [-0.25, -0.2) is 0 Å². The number of nitrogens with one attached hydrogen (secondary N) is 1. The van der Waals surface area contributed by atoms with Crippen LogP contribution in [0.2, 0.25) is 0 Å². The van der Waals surface area contributed by atoms with Crippen LogP contribution in [0.3, 0.4) is 0 Å². The van der Waals surface area contributed by atoms with Crippen molar-refractivity contribution < 1.29 is 14.1 Å². The molecule has 0 saturated heterocycles. The zero-order valence-electron chi connectivity index (χ0n) is 9.03. The monoisotopic (exact) mass is 212 g/mol. The Labute approximate surface area is 88.8 Å². The van der Waals surface area contributed by atoms with Crippen molar-refractivity contribution >= 4 is 5.97 Å². The number of carbonyl (C=O) groups excluding carboxylic acids is 1. The zero-order valence-corrected chi connectivity index (χ0v) is 9.03. The van der Waals surface area contributed by atoms with Crippen molar-refractivity contribution in [3.05, 3.63) is 18.0 Å². The van der Waals surface area contributed by atoms with Crippen LogP contribution in [0.1, 0.15) is 26.0 Å². The number of hydrogen-bond acceptors (Lipinski definition) is 5. The molecule has 1 aromatic rings. The molecule has 0 aromatic carbocycles. The van der Waals surface area contributed by atoms with Crippen LogP contribution in [0.15, 0.2) is 16.8 Å². The van der Waals surface area contributed by atoms with Gasteiger partial charge in [0.2, 0.25) is 0 Å². The van der Waals surface area contributed by atoms with Gasteiger partial charge in [0, 0.05) is 12.1 Å². The smallest absolute Gasteiger partial charge is 0.307 e. The van der Waals surface area contributed by atoms with Gasteiger partial charge >= 0.3 is 5.97 Å². The fourth-order valence-electron chi connectivity index (χ4n) is 1.15. The molecule has 84 valence electrons. The first kappa shape index (κ1) is 11.7. The second-order valence-electron chi connectivity index (χ2n) is 3.27. The summed E-state index contributed by atoms with van der Waals surface area (Å²) in [5.74, 6) is 0.570. The molecule has 5 heteroatoms. The minimum absolute atomic E-state index is 0.0640. The van der Waals surface area contributed by atoms with Gasteiger partial charge in [0.1, 0.15) is 5.76 Å². The Morgan fingerprint density at radius 2 is 2.53 bits per heavy atom. The van der Waals surface area contributed by atoms with Crippen molar-refractivity contribution in [2.45, 2.75) is 32.9 Å². The molecule has 0 radical (unpaired) electrons. The van der Waals surface area contributed by atoms with Gasteiger partial charge in [-0.3, -0.25) is 4.79 Å². The largest absolute Gasteiger partial charge is 0.466 e. The summed E-state index contributed by atoms with van der Waals surface area (Å²) in [5.41, 5.74) is 0. The summed E-state index contributed by atoms with van der Waals surface area (Å²) in [6, 6.07) is 1.85. The van der Waals surface area contributed by atoms with E-state index in [4.69, 9.17) is 9.26 Å². The molecule has 1 heterocycles. The van der Waals surface area contributed by atoms with E-state index in [1.165, 1.54) is 0 Å². The molecule has 1 N–H and O–H groups in total. The molecular formula is C10H16N2O3. The van der Waals surface area contributed by atoms with E-state index >= 15 is 0 Å². The van der Waals surface area contributed by atoms with Crippen LogP contribution in [0.5, 0.6) is 0 Å². The molecule has 1 unspecified atom stereocenters. The Kier molecular flexibility index (Phi) is 4.83. The Balaban J connectivity index is 2.18. The first-order valence-electron chi connectivity index (χ1n) is 5.01. The van der Waals surface area contributed by atoms with Crippen molar-refractivity contribution in [1.29, 1.82) is 0 Å². The third-order valence-electron chi connectivity index (χ3n) is 1.89. The van der Waals surface area contributed by atoms with Crippen molar-refractivity contribution in [3.63, 3.8) is 0 Å².